The molecule has 2 aliphatic rings. The zero-order valence-electron chi connectivity index (χ0n) is 9.35. The predicted molar refractivity (Wildman–Crippen MR) is 49.9 cm³/mol. The minimum Gasteiger partial charge on any atom is -0.457 e. The third kappa shape index (κ3) is 2.00. The van der Waals surface area contributed by atoms with Gasteiger partial charge in [-0.05, 0) is 20.8 Å². The molecular formula is C10H16O5. The molecule has 2 heterocycles. The van der Waals surface area contributed by atoms with E-state index in [-0.39, 0.29) is 24.3 Å². The van der Waals surface area contributed by atoms with Crippen molar-refractivity contribution in [2.45, 2.75) is 58.1 Å². The lowest BCUT2D eigenvalue weighted by Gasteiger charge is -2.23. The van der Waals surface area contributed by atoms with E-state index in [1.54, 1.807) is 0 Å². The average molecular weight is 216 g/mol. The van der Waals surface area contributed by atoms with Crippen molar-refractivity contribution < 1.29 is 23.7 Å². The van der Waals surface area contributed by atoms with Gasteiger partial charge in [0.15, 0.2) is 24.3 Å². The zero-order valence-corrected chi connectivity index (χ0v) is 9.35. The third-order valence-electron chi connectivity index (χ3n) is 2.53. The van der Waals surface area contributed by atoms with Crippen molar-refractivity contribution in [2.24, 2.45) is 0 Å². The highest BCUT2D eigenvalue weighted by atomic mass is 16.8. The second-order valence-electron chi connectivity index (χ2n) is 4.38. The van der Waals surface area contributed by atoms with Crippen LogP contribution in [0.2, 0.25) is 0 Å². The van der Waals surface area contributed by atoms with Crippen LogP contribution in [0.5, 0.6) is 0 Å². The SMILES string of the molecule is CC(=O)OC1C(C)OC2OC(C)(C)OC21. The first-order valence-electron chi connectivity index (χ1n) is 5.07. The van der Waals surface area contributed by atoms with Crippen molar-refractivity contribution in [3.05, 3.63) is 0 Å². The van der Waals surface area contributed by atoms with E-state index in [0.717, 1.165) is 0 Å². The van der Waals surface area contributed by atoms with E-state index in [1.165, 1.54) is 6.92 Å². The first-order valence-corrected chi connectivity index (χ1v) is 5.07. The maximum Gasteiger partial charge on any atom is 0.303 e. The van der Waals surface area contributed by atoms with Crippen LogP contribution < -0.4 is 0 Å². The molecule has 0 bridgehead atoms. The second kappa shape index (κ2) is 3.43. The van der Waals surface area contributed by atoms with E-state index in [1.807, 2.05) is 20.8 Å². The van der Waals surface area contributed by atoms with Crippen LogP contribution in [0.4, 0.5) is 0 Å². The molecule has 0 aromatic rings. The summed E-state index contributed by atoms with van der Waals surface area (Å²) in [6, 6.07) is 0. The minimum absolute atomic E-state index is 0.194. The van der Waals surface area contributed by atoms with Crippen molar-refractivity contribution >= 4 is 5.97 Å². The van der Waals surface area contributed by atoms with Gasteiger partial charge in [-0.25, -0.2) is 0 Å². The first-order chi connectivity index (χ1) is 6.89. The summed E-state index contributed by atoms with van der Waals surface area (Å²) in [6.45, 7) is 6.83. The Morgan fingerprint density at radius 2 is 2.00 bits per heavy atom. The summed E-state index contributed by atoms with van der Waals surface area (Å²) in [6.07, 6.45) is -1.33. The van der Waals surface area contributed by atoms with E-state index in [2.05, 4.69) is 0 Å². The molecule has 5 nitrogen and oxygen atoms in total. The fourth-order valence-electron chi connectivity index (χ4n) is 2.00. The van der Waals surface area contributed by atoms with Crippen molar-refractivity contribution in [2.75, 3.05) is 0 Å². The summed E-state index contributed by atoms with van der Waals surface area (Å²) in [4.78, 5) is 10.9. The van der Waals surface area contributed by atoms with Gasteiger partial charge in [-0.1, -0.05) is 0 Å². The maximum absolute atomic E-state index is 10.9. The fraction of sp³-hybridized carbons (Fsp3) is 0.900. The number of fused-ring (bicyclic) bond motifs is 1. The number of rotatable bonds is 1. The van der Waals surface area contributed by atoms with Gasteiger partial charge in [0.1, 0.15) is 0 Å². The molecule has 0 radical (unpaired) electrons. The molecule has 86 valence electrons. The Balaban J connectivity index is 2.08. The average Bonchev–Trinajstić information content (AvgIpc) is 2.47. The van der Waals surface area contributed by atoms with Crippen LogP contribution in [0.3, 0.4) is 0 Å². The highest BCUT2D eigenvalue weighted by molar-refractivity contribution is 5.66. The quantitative estimate of drug-likeness (QED) is 0.607. The van der Waals surface area contributed by atoms with Crippen molar-refractivity contribution in [3.8, 4) is 0 Å². The molecule has 4 atom stereocenters. The molecule has 2 saturated heterocycles. The van der Waals surface area contributed by atoms with Gasteiger partial charge < -0.3 is 18.9 Å². The largest absolute Gasteiger partial charge is 0.457 e. The molecule has 2 aliphatic heterocycles. The van der Waals surface area contributed by atoms with Gasteiger partial charge in [0.05, 0.1) is 6.10 Å². The van der Waals surface area contributed by atoms with Gasteiger partial charge >= 0.3 is 5.97 Å². The Bertz CT molecular complexity index is 275. The zero-order chi connectivity index (χ0) is 11.2. The van der Waals surface area contributed by atoms with E-state index < -0.39 is 12.1 Å². The molecule has 0 saturated carbocycles. The Kier molecular flexibility index (Phi) is 2.48. The van der Waals surface area contributed by atoms with Crippen molar-refractivity contribution in [1.29, 1.82) is 0 Å². The Morgan fingerprint density at radius 3 is 2.60 bits per heavy atom. The van der Waals surface area contributed by atoms with Crippen molar-refractivity contribution in [3.63, 3.8) is 0 Å². The predicted octanol–water partition coefficient (Wildman–Crippen LogP) is 0.814. The number of carbonyl (C=O) groups excluding carboxylic acids is 1. The van der Waals surface area contributed by atoms with Crippen LogP contribution in [0.15, 0.2) is 0 Å². The van der Waals surface area contributed by atoms with Gasteiger partial charge in [0.25, 0.3) is 0 Å². The number of hydrogen-bond donors (Lipinski definition) is 0. The van der Waals surface area contributed by atoms with Crippen LogP contribution in [-0.2, 0) is 23.7 Å². The Hall–Kier alpha value is -0.650. The molecule has 5 heteroatoms. The molecular weight excluding hydrogens is 200 g/mol. The number of ether oxygens (including phenoxy) is 4. The van der Waals surface area contributed by atoms with Gasteiger partial charge in [-0.2, -0.15) is 0 Å². The first kappa shape index (κ1) is 10.9. The number of esters is 1. The molecule has 0 aliphatic carbocycles. The minimum atomic E-state index is -0.673. The lowest BCUT2D eigenvalue weighted by molar-refractivity contribution is -0.216. The summed E-state index contributed by atoms with van der Waals surface area (Å²) >= 11 is 0. The molecule has 0 aromatic carbocycles. The third-order valence-corrected chi connectivity index (χ3v) is 2.53. The van der Waals surface area contributed by atoms with E-state index in [0.29, 0.717) is 0 Å². The molecule has 0 amide bonds. The summed E-state index contributed by atoms with van der Waals surface area (Å²) in [7, 11) is 0. The van der Waals surface area contributed by atoms with E-state index in [9.17, 15) is 4.79 Å². The van der Waals surface area contributed by atoms with Crippen LogP contribution in [0.1, 0.15) is 27.7 Å². The molecule has 0 spiro atoms. The van der Waals surface area contributed by atoms with Gasteiger partial charge in [-0.3, -0.25) is 4.79 Å². The standard InChI is InChI=1S/C10H16O5/c1-5-7(13-6(2)11)8-9(12-5)15-10(3,4)14-8/h5,7-9H,1-4H3. The summed E-state index contributed by atoms with van der Waals surface area (Å²) in [5, 5.41) is 0. The lowest BCUT2D eigenvalue weighted by Crippen LogP contribution is -2.36. The lowest BCUT2D eigenvalue weighted by atomic mass is 10.1. The fourth-order valence-corrected chi connectivity index (χ4v) is 2.00. The highest BCUT2D eigenvalue weighted by Crippen LogP contribution is 2.38. The monoisotopic (exact) mass is 216 g/mol. The number of hydrogen-bond acceptors (Lipinski definition) is 5. The van der Waals surface area contributed by atoms with Crippen LogP contribution in [0.25, 0.3) is 0 Å². The summed E-state index contributed by atoms with van der Waals surface area (Å²) in [5.41, 5.74) is 0. The topological polar surface area (TPSA) is 54.0 Å². The summed E-state index contributed by atoms with van der Waals surface area (Å²) < 4.78 is 21.8. The van der Waals surface area contributed by atoms with Crippen molar-refractivity contribution in [1.82, 2.24) is 0 Å². The van der Waals surface area contributed by atoms with Crippen LogP contribution >= 0.6 is 0 Å². The molecule has 2 rings (SSSR count). The van der Waals surface area contributed by atoms with E-state index in [4.69, 9.17) is 18.9 Å². The Morgan fingerprint density at radius 1 is 1.33 bits per heavy atom. The molecule has 2 fully saturated rings. The van der Waals surface area contributed by atoms with Gasteiger partial charge in [0.2, 0.25) is 0 Å². The molecule has 15 heavy (non-hydrogen) atoms. The second-order valence-corrected chi connectivity index (χ2v) is 4.38. The maximum atomic E-state index is 10.9. The molecule has 0 N–H and O–H groups in total. The van der Waals surface area contributed by atoms with E-state index >= 15 is 0 Å². The number of carbonyl (C=O) groups is 1. The normalized spacial score (nSPS) is 42.7. The summed E-state index contributed by atoms with van der Waals surface area (Å²) in [5.74, 6) is -1.00. The smallest absolute Gasteiger partial charge is 0.303 e. The molecule has 0 aromatic heterocycles. The highest BCUT2D eigenvalue weighted by Gasteiger charge is 2.54. The van der Waals surface area contributed by atoms with Crippen LogP contribution in [-0.4, -0.2) is 36.4 Å². The van der Waals surface area contributed by atoms with Crippen LogP contribution in [0, 0.1) is 0 Å². The Labute approximate surface area is 88.6 Å². The van der Waals surface area contributed by atoms with Gasteiger partial charge in [-0.15, -0.1) is 0 Å². The van der Waals surface area contributed by atoms with Gasteiger partial charge in [0, 0.05) is 6.92 Å². The molecule has 4 unspecified atom stereocenters.